The minimum atomic E-state index is -0.838. The van der Waals surface area contributed by atoms with Gasteiger partial charge >= 0.3 is 6.03 Å². The Kier molecular flexibility index (Phi) is 5.33. The Morgan fingerprint density at radius 1 is 1.07 bits per heavy atom. The van der Waals surface area contributed by atoms with Gasteiger partial charge in [0.15, 0.2) is 11.5 Å². The Labute approximate surface area is 167 Å². The predicted molar refractivity (Wildman–Crippen MR) is 103 cm³/mol. The number of carbonyl (C=O) groups excluding carboxylic acids is 3. The van der Waals surface area contributed by atoms with Crippen LogP contribution < -0.4 is 20.1 Å². The van der Waals surface area contributed by atoms with Crippen molar-refractivity contribution >= 4 is 17.8 Å². The van der Waals surface area contributed by atoms with E-state index in [1.165, 1.54) is 4.90 Å². The molecule has 2 heterocycles. The van der Waals surface area contributed by atoms with Crippen LogP contribution in [0.25, 0.3) is 0 Å². The molecular formula is C21H21N3O5. The van der Waals surface area contributed by atoms with Crippen molar-refractivity contribution in [3.63, 3.8) is 0 Å². The second-order valence-electron chi connectivity index (χ2n) is 6.90. The summed E-state index contributed by atoms with van der Waals surface area (Å²) in [5.74, 6) is 0.634. The molecule has 2 N–H and O–H groups in total. The molecule has 0 saturated carbocycles. The Bertz CT molecular complexity index is 931. The number of nitrogens with one attached hydrogen (secondary N) is 2. The van der Waals surface area contributed by atoms with E-state index in [0.29, 0.717) is 24.5 Å². The van der Waals surface area contributed by atoms with Crippen LogP contribution in [0.3, 0.4) is 0 Å². The van der Waals surface area contributed by atoms with Crippen molar-refractivity contribution in [1.29, 1.82) is 0 Å². The molecule has 0 aliphatic carbocycles. The molecule has 4 amide bonds. The number of hydrogen-bond donors (Lipinski definition) is 2. The van der Waals surface area contributed by atoms with Crippen LogP contribution in [-0.2, 0) is 22.6 Å². The topological polar surface area (TPSA) is 97.0 Å². The highest BCUT2D eigenvalue weighted by Crippen LogP contribution is 2.32. The normalized spacial score (nSPS) is 17.4. The van der Waals surface area contributed by atoms with Gasteiger partial charge in [0, 0.05) is 13.1 Å². The summed E-state index contributed by atoms with van der Waals surface area (Å²) >= 11 is 0. The molecule has 29 heavy (non-hydrogen) atoms. The average Bonchev–Trinajstić information content (AvgIpc) is 3.30. The maximum absolute atomic E-state index is 12.5. The van der Waals surface area contributed by atoms with Gasteiger partial charge in [0.05, 0.1) is 6.42 Å². The zero-order chi connectivity index (χ0) is 20.2. The number of ether oxygens (including phenoxy) is 2. The van der Waals surface area contributed by atoms with E-state index in [9.17, 15) is 14.4 Å². The summed E-state index contributed by atoms with van der Waals surface area (Å²) < 4.78 is 10.6. The first kappa shape index (κ1) is 18.8. The van der Waals surface area contributed by atoms with Gasteiger partial charge in [0.2, 0.25) is 12.7 Å². The molecule has 0 bridgehead atoms. The molecular weight excluding hydrogens is 374 g/mol. The van der Waals surface area contributed by atoms with E-state index in [2.05, 4.69) is 10.6 Å². The molecule has 2 aromatic rings. The molecule has 1 atom stereocenters. The SMILES string of the molecule is O=C(C[C@H]1NC(=O)N(CCc2ccccc2)C1=O)NCc1ccc2c(c1)OCO2. The van der Waals surface area contributed by atoms with Crippen LogP contribution in [0.1, 0.15) is 17.5 Å². The first-order chi connectivity index (χ1) is 14.1. The number of urea groups is 1. The van der Waals surface area contributed by atoms with Crippen molar-refractivity contribution in [3.8, 4) is 11.5 Å². The Morgan fingerprint density at radius 2 is 1.86 bits per heavy atom. The van der Waals surface area contributed by atoms with Crippen molar-refractivity contribution in [2.75, 3.05) is 13.3 Å². The third-order valence-electron chi connectivity index (χ3n) is 4.89. The van der Waals surface area contributed by atoms with Gasteiger partial charge in [-0.3, -0.25) is 14.5 Å². The van der Waals surface area contributed by atoms with Gasteiger partial charge in [-0.15, -0.1) is 0 Å². The van der Waals surface area contributed by atoms with E-state index >= 15 is 0 Å². The van der Waals surface area contributed by atoms with Crippen LogP contribution in [0.4, 0.5) is 4.79 Å². The first-order valence-electron chi connectivity index (χ1n) is 9.41. The Balaban J connectivity index is 1.27. The van der Waals surface area contributed by atoms with Crippen LogP contribution in [-0.4, -0.2) is 42.1 Å². The average molecular weight is 395 g/mol. The maximum atomic E-state index is 12.5. The lowest BCUT2D eigenvalue weighted by atomic mass is 10.1. The monoisotopic (exact) mass is 395 g/mol. The summed E-state index contributed by atoms with van der Waals surface area (Å²) in [6, 6.07) is 13.7. The fourth-order valence-corrected chi connectivity index (χ4v) is 3.32. The smallest absolute Gasteiger partial charge is 0.324 e. The number of imide groups is 1. The van der Waals surface area contributed by atoms with Crippen molar-refractivity contribution < 1.29 is 23.9 Å². The standard InChI is InChI=1S/C21H21N3O5/c25-19(22-12-15-6-7-17-18(10-15)29-13-28-17)11-16-20(26)24(21(27)23-16)9-8-14-4-2-1-3-5-14/h1-7,10,16H,8-9,11-13H2,(H,22,25)(H,23,27)/t16-/m1/s1. The molecule has 0 unspecified atom stereocenters. The number of amides is 4. The number of carbonyl (C=O) groups is 3. The number of benzene rings is 2. The van der Waals surface area contributed by atoms with E-state index in [1.807, 2.05) is 36.4 Å². The number of hydrogen-bond acceptors (Lipinski definition) is 5. The van der Waals surface area contributed by atoms with Crippen molar-refractivity contribution in [1.82, 2.24) is 15.5 Å². The highest BCUT2D eigenvalue weighted by Gasteiger charge is 2.38. The zero-order valence-electron chi connectivity index (χ0n) is 15.7. The third kappa shape index (κ3) is 4.31. The summed E-state index contributed by atoms with van der Waals surface area (Å²) in [5.41, 5.74) is 1.90. The summed E-state index contributed by atoms with van der Waals surface area (Å²) in [7, 11) is 0. The van der Waals surface area contributed by atoms with Gasteiger partial charge in [-0.25, -0.2) is 4.79 Å². The highest BCUT2D eigenvalue weighted by molar-refractivity contribution is 6.05. The van der Waals surface area contributed by atoms with Crippen molar-refractivity contribution in [3.05, 3.63) is 59.7 Å². The molecule has 0 aromatic heterocycles. The van der Waals surface area contributed by atoms with E-state index in [-0.39, 0.29) is 31.6 Å². The predicted octanol–water partition coefficient (Wildman–Crippen LogP) is 1.58. The van der Waals surface area contributed by atoms with Crippen LogP contribution in [0.2, 0.25) is 0 Å². The highest BCUT2D eigenvalue weighted by atomic mass is 16.7. The van der Waals surface area contributed by atoms with E-state index in [1.54, 1.807) is 12.1 Å². The first-order valence-corrected chi connectivity index (χ1v) is 9.41. The van der Waals surface area contributed by atoms with Gasteiger partial charge in [0.1, 0.15) is 6.04 Å². The third-order valence-corrected chi connectivity index (χ3v) is 4.89. The molecule has 2 aliphatic rings. The van der Waals surface area contributed by atoms with Crippen molar-refractivity contribution in [2.45, 2.75) is 25.4 Å². The Morgan fingerprint density at radius 3 is 2.69 bits per heavy atom. The second kappa shape index (κ2) is 8.22. The molecule has 8 nitrogen and oxygen atoms in total. The van der Waals surface area contributed by atoms with E-state index in [0.717, 1.165) is 11.1 Å². The Hall–Kier alpha value is -3.55. The molecule has 1 fully saturated rings. The fourth-order valence-electron chi connectivity index (χ4n) is 3.32. The lowest BCUT2D eigenvalue weighted by molar-refractivity contribution is -0.130. The summed E-state index contributed by atoms with van der Waals surface area (Å²) in [4.78, 5) is 38.1. The molecule has 1 saturated heterocycles. The zero-order valence-corrected chi connectivity index (χ0v) is 15.7. The molecule has 2 aliphatic heterocycles. The second-order valence-corrected chi connectivity index (χ2v) is 6.90. The number of nitrogens with zero attached hydrogens (tertiary/aromatic N) is 1. The largest absolute Gasteiger partial charge is 0.454 e. The van der Waals surface area contributed by atoms with E-state index < -0.39 is 12.1 Å². The molecule has 0 spiro atoms. The molecule has 150 valence electrons. The minimum absolute atomic E-state index is 0.100. The van der Waals surface area contributed by atoms with E-state index in [4.69, 9.17) is 9.47 Å². The van der Waals surface area contributed by atoms with Crippen LogP contribution >= 0.6 is 0 Å². The maximum Gasteiger partial charge on any atom is 0.324 e. The van der Waals surface area contributed by atoms with Crippen molar-refractivity contribution in [2.24, 2.45) is 0 Å². The summed E-state index contributed by atoms with van der Waals surface area (Å²) in [6.07, 6.45) is 0.472. The quantitative estimate of drug-likeness (QED) is 0.694. The molecule has 4 rings (SSSR count). The van der Waals surface area contributed by atoms with Gasteiger partial charge in [0.25, 0.3) is 5.91 Å². The van der Waals surface area contributed by atoms with Crippen LogP contribution in [0.5, 0.6) is 11.5 Å². The number of fused-ring (bicyclic) bond motifs is 1. The van der Waals surface area contributed by atoms with Gasteiger partial charge < -0.3 is 20.1 Å². The molecule has 2 aromatic carbocycles. The van der Waals surface area contributed by atoms with Gasteiger partial charge in [-0.1, -0.05) is 36.4 Å². The van der Waals surface area contributed by atoms with Gasteiger partial charge in [-0.05, 0) is 29.7 Å². The van der Waals surface area contributed by atoms with Crippen LogP contribution in [0.15, 0.2) is 48.5 Å². The van der Waals surface area contributed by atoms with Gasteiger partial charge in [-0.2, -0.15) is 0 Å². The minimum Gasteiger partial charge on any atom is -0.454 e. The number of rotatable bonds is 7. The molecule has 8 heteroatoms. The lowest BCUT2D eigenvalue weighted by Gasteiger charge is -2.13. The lowest BCUT2D eigenvalue weighted by Crippen LogP contribution is -2.36. The summed E-state index contributed by atoms with van der Waals surface area (Å²) in [6.45, 7) is 0.765. The summed E-state index contributed by atoms with van der Waals surface area (Å²) in [5, 5.41) is 5.36. The molecule has 0 radical (unpaired) electrons. The van der Waals surface area contributed by atoms with Crippen LogP contribution in [0, 0.1) is 0 Å². The fraction of sp³-hybridized carbons (Fsp3) is 0.286.